The lowest BCUT2D eigenvalue weighted by Crippen LogP contribution is -2.71. The number of piperidine rings is 1. The maximum Gasteiger partial charge on any atom is 0.490 e. The number of halogens is 9. The zero-order chi connectivity index (χ0) is 33.8. The van der Waals surface area contributed by atoms with Crippen LogP contribution in [-0.4, -0.2) is 120 Å². The third-order valence-corrected chi connectivity index (χ3v) is 5.95. The van der Waals surface area contributed by atoms with Gasteiger partial charge in [-0.2, -0.15) is 39.5 Å². The van der Waals surface area contributed by atoms with E-state index >= 15 is 0 Å². The minimum absolute atomic E-state index is 0.344. The SMILES string of the molecule is COCC1CCN(C)C2(C1)CN(Cc1cccnc1OC)C2.O=C(O)C(F)(F)F.O=C(O)C(F)(F)F.O=C(O)C(F)(F)F. The smallest absolute Gasteiger partial charge is 0.481 e. The zero-order valence-electron chi connectivity index (χ0n) is 22.9. The first kappa shape index (κ1) is 39.6. The van der Waals surface area contributed by atoms with E-state index in [2.05, 4.69) is 27.9 Å². The normalized spacial score (nSPS) is 18.4. The van der Waals surface area contributed by atoms with Gasteiger partial charge in [-0.15, -0.1) is 0 Å². The highest BCUT2D eigenvalue weighted by molar-refractivity contribution is 5.73. The molecule has 0 aromatic carbocycles. The van der Waals surface area contributed by atoms with Crippen LogP contribution < -0.4 is 4.74 Å². The molecule has 1 aromatic rings. The number of hydrogen-bond acceptors (Lipinski definition) is 8. The number of likely N-dealkylation sites (N-methyl/N-ethyl adjacent to an activating group) is 1. The molecule has 0 bridgehead atoms. The largest absolute Gasteiger partial charge is 0.490 e. The predicted octanol–water partition coefficient (Wildman–Crippen LogP) is 3.53. The first-order valence-electron chi connectivity index (χ1n) is 11.8. The van der Waals surface area contributed by atoms with Crippen molar-refractivity contribution in [3.05, 3.63) is 23.9 Å². The van der Waals surface area contributed by atoms with Crippen LogP contribution in [0.25, 0.3) is 0 Å². The molecule has 43 heavy (non-hydrogen) atoms. The molecule has 3 heterocycles. The van der Waals surface area contributed by atoms with Crippen molar-refractivity contribution in [1.82, 2.24) is 14.8 Å². The van der Waals surface area contributed by atoms with Gasteiger partial charge in [-0.05, 0) is 38.4 Å². The predicted molar refractivity (Wildman–Crippen MR) is 127 cm³/mol. The summed E-state index contributed by atoms with van der Waals surface area (Å²) in [5.74, 6) is -6.82. The molecule has 248 valence electrons. The van der Waals surface area contributed by atoms with Gasteiger partial charge in [-0.3, -0.25) is 9.80 Å². The Morgan fingerprint density at radius 3 is 1.74 bits per heavy atom. The molecule has 2 aliphatic rings. The number of rotatable bonds is 5. The Kier molecular flexibility index (Phi) is 15.2. The van der Waals surface area contributed by atoms with Crippen molar-refractivity contribution < 1.29 is 78.7 Å². The van der Waals surface area contributed by atoms with E-state index < -0.39 is 36.4 Å². The summed E-state index contributed by atoms with van der Waals surface area (Å²) in [7, 11) is 5.77. The first-order valence-corrected chi connectivity index (χ1v) is 11.8. The van der Waals surface area contributed by atoms with Gasteiger partial charge in [0.2, 0.25) is 5.88 Å². The molecule has 1 unspecified atom stereocenters. The van der Waals surface area contributed by atoms with Crippen molar-refractivity contribution in [2.75, 3.05) is 47.5 Å². The maximum atomic E-state index is 10.6. The number of carboxylic acid groups (broad SMARTS) is 3. The second kappa shape index (κ2) is 16.5. The van der Waals surface area contributed by atoms with Crippen LogP contribution in [0.15, 0.2) is 18.3 Å². The molecule has 0 amide bonds. The van der Waals surface area contributed by atoms with Gasteiger partial charge >= 0.3 is 36.4 Å². The molecule has 2 saturated heterocycles. The molecule has 1 aromatic heterocycles. The summed E-state index contributed by atoms with van der Waals surface area (Å²) in [5, 5.41) is 21.4. The topological polar surface area (TPSA) is 150 Å². The fourth-order valence-corrected chi connectivity index (χ4v) is 4.02. The van der Waals surface area contributed by atoms with E-state index in [9.17, 15) is 39.5 Å². The second-order valence-electron chi connectivity index (χ2n) is 9.19. The maximum absolute atomic E-state index is 10.6. The van der Waals surface area contributed by atoms with E-state index in [0.717, 1.165) is 32.1 Å². The number of hydrogen-bond donors (Lipinski definition) is 3. The van der Waals surface area contributed by atoms with Gasteiger partial charge in [-0.25, -0.2) is 19.4 Å². The van der Waals surface area contributed by atoms with E-state index in [1.807, 2.05) is 13.2 Å². The summed E-state index contributed by atoms with van der Waals surface area (Å²) in [6, 6.07) is 4.09. The summed E-state index contributed by atoms with van der Waals surface area (Å²) in [4.78, 5) is 36.0. The number of nitrogens with zero attached hydrogens (tertiary/aromatic N) is 3. The standard InChI is InChI=1S/C17H27N3O2.3C2HF3O2/c1-19-8-6-14(11-21-2)9-17(19)12-20(13-17)10-15-5-4-7-18-16(15)22-3;3*3-2(4,5)1(6)7/h4-5,7,14H,6,8-13H2,1-3H3;3*(H,6,7). The van der Waals surface area contributed by atoms with Crippen LogP contribution in [-0.2, 0) is 25.7 Å². The fraction of sp³-hybridized carbons (Fsp3) is 0.652. The van der Waals surface area contributed by atoms with E-state index in [4.69, 9.17) is 39.2 Å². The third kappa shape index (κ3) is 14.1. The van der Waals surface area contributed by atoms with Crippen molar-refractivity contribution in [1.29, 1.82) is 0 Å². The van der Waals surface area contributed by atoms with Crippen LogP contribution in [0.1, 0.15) is 18.4 Å². The highest BCUT2D eigenvalue weighted by Crippen LogP contribution is 2.39. The van der Waals surface area contributed by atoms with Crippen molar-refractivity contribution in [2.24, 2.45) is 5.92 Å². The molecule has 0 radical (unpaired) electrons. The molecular weight excluding hydrogens is 617 g/mol. The average Bonchev–Trinajstić information content (AvgIpc) is 2.85. The fourth-order valence-electron chi connectivity index (χ4n) is 4.02. The van der Waals surface area contributed by atoms with Gasteiger partial charge < -0.3 is 24.8 Å². The lowest BCUT2D eigenvalue weighted by molar-refractivity contribution is -0.193. The number of ether oxygens (including phenoxy) is 2. The number of aromatic nitrogens is 1. The number of pyridine rings is 1. The summed E-state index contributed by atoms with van der Waals surface area (Å²) in [6.45, 7) is 5.25. The monoisotopic (exact) mass is 647 g/mol. The first-order chi connectivity index (χ1) is 19.5. The summed E-state index contributed by atoms with van der Waals surface area (Å²) in [5.41, 5.74) is 1.52. The van der Waals surface area contributed by atoms with E-state index in [0.29, 0.717) is 11.5 Å². The van der Waals surface area contributed by atoms with Crippen LogP contribution in [0, 0.1) is 5.92 Å². The van der Waals surface area contributed by atoms with E-state index in [1.54, 1.807) is 13.3 Å². The zero-order valence-corrected chi connectivity index (χ0v) is 22.9. The molecule has 0 saturated carbocycles. The second-order valence-corrected chi connectivity index (χ2v) is 9.19. The lowest BCUT2D eigenvalue weighted by atomic mass is 9.75. The summed E-state index contributed by atoms with van der Waals surface area (Å²) < 4.78 is 106. The van der Waals surface area contributed by atoms with E-state index in [1.165, 1.54) is 24.9 Å². The Bertz CT molecular complexity index is 989. The van der Waals surface area contributed by atoms with Gasteiger partial charge in [0.25, 0.3) is 0 Å². The number of likely N-dealkylation sites (tertiary alicyclic amines) is 2. The lowest BCUT2D eigenvalue weighted by Gasteiger charge is -2.58. The molecule has 1 atom stereocenters. The van der Waals surface area contributed by atoms with Gasteiger partial charge in [0.15, 0.2) is 0 Å². The molecule has 3 N–H and O–H groups in total. The van der Waals surface area contributed by atoms with Crippen LogP contribution in [0.2, 0.25) is 0 Å². The van der Waals surface area contributed by atoms with Gasteiger partial charge in [0, 0.05) is 50.7 Å². The summed E-state index contributed by atoms with van der Waals surface area (Å²) in [6.07, 6.45) is -11.0. The minimum atomic E-state index is -5.08. The highest BCUT2D eigenvalue weighted by Gasteiger charge is 2.49. The van der Waals surface area contributed by atoms with Crippen molar-refractivity contribution in [2.45, 2.75) is 43.5 Å². The Morgan fingerprint density at radius 1 is 0.930 bits per heavy atom. The number of carboxylic acids is 3. The van der Waals surface area contributed by atoms with E-state index in [-0.39, 0.29) is 0 Å². The van der Waals surface area contributed by atoms with Gasteiger partial charge in [0.05, 0.1) is 7.11 Å². The molecule has 1 spiro atoms. The number of alkyl halides is 9. The van der Waals surface area contributed by atoms with Crippen LogP contribution in [0.3, 0.4) is 0 Å². The molecule has 2 aliphatic heterocycles. The highest BCUT2D eigenvalue weighted by atomic mass is 19.4. The Morgan fingerprint density at radius 2 is 1.37 bits per heavy atom. The Hall–Kier alpha value is -3.39. The van der Waals surface area contributed by atoms with Crippen molar-refractivity contribution in [3.8, 4) is 5.88 Å². The quantitative estimate of drug-likeness (QED) is 0.403. The third-order valence-electron chi connectivity index (χ3n) is 5.95. The number of carbonyl (C=O) groups is 3. The number of methoxy groups -OCH3 is 2. The molecule has 0 aliphatic carbocycles. The molecular formula is C23H30F9N3O8. The van der Waals surface area contributed by atoms with Crippen LogP contribution in [0.5, 0.6) is 5.88 Å². The number of aliphatic carboxylic acids is 3. The molecule has 2 fully saturated rings. The van der Waals surface area contributed by atoms with Crippen molar-refractivity contribution >= 4 is 17.9 Å². The Labute approximate surface area is 238 Å². The minimum Gasteiger partial charge on any atom is -0.481 e. The molecule has 11 nitrogen and oxygen atoms in total. The van der Waals surface area contributed by atoms with Crippen molar-refractivity contribution in [3.63, 3.8) is 0 Å². The van der Waals surface area contributed by atoms with Crippen LogP contribution >= 0.6 is 0 Å². The molecule has 3 rings (SSSR count). The summed E-state index contributed by atoms with van der Waals surface area (Å²) >= 11 is 0. The Balaban J connectivity index is 0.000000690. The van der Waals surface area contributed by atoms with Gasteiger partial charge in [0.1, 0.15) is 0 Å². The average molecular weight is 647 g/mol. The molecule has 20 heteroatoms. The van der Waals surface area contributed by atoms with Crippen LogP contribution in [0.4, 0.5) is 39.5 Å². The van der Waals surface area contributed by atoms with Gasteiger partial charge in [-0.1, -0.05) is 6.07 Å².